The number of methoxy groups -OCH3 is 1. The number of rotatable bonds is 5. The maximum Gasteiger partial charge on any atom is 0.233 e. The molecule has 1 amide bonds. The van der Waals surface area contributed by atoms with Crippen molar-refractivity contribution in [2.45, 2.75) is 18.8 Å². The third-order valence-corrected chi connectivity index (χ3v) is 4.82. The fourth-order valence-corrected chi connectivity index (χ4v) is 3.69. The molecule has 1 aromatic carbocycles. The Morgan fingerprint density at radius 3 is 3.09 bits per heavy atom. The van der Waals surface area contributed by atoms with Crippen molar-refractivity contribution in [2.24, 2.45) is 0 Å². The molecule has 2 aromatic rings. The second-order valence-electron chi connectivity index (χ2n) is 5.04. The van der Waals surface area contributed by atoms with Crippen molar-refractivity contribution in [2.75, 3.05) is 19.4 Å². The van der Waals surface area contributed by atoms with E-state index in [1.54, 1.807) is 23.6 Å². The van der Waals surface area contributed by atoms with Crippen molar-refractivity contribution < 1.29 is 9.53 Å². The molecule has 2 heterocycles. The van der Waals surface area contributed by atoms with Gasteiger partial charge < -0.3 is 9.64 Å². The summed E-state index contributed by atoms with van der Waals surface area (Å²) >= 11 is 1.60. The number of thioether (sulfide) groups is 1. The SMILES string of the molecule is CCN1C(=O)CSC1c1cn(Cc2cccc(OC)c2)nn1. The Kier molecular flexibility index (Phi) is 4.33. The van der Waals surface area contributed by atoms with Crippen molar-refractivity contribution in [3.05, 3.63) is 41.7 Å². The van der Waals surface area contributed by atoms with Gasteiger partial charge in [0.2, 0.25) is 5.91 Å². The van der Waals surface area contributed by atoms with Crippen molar-refractivity contribution in [3.8, 4) is 5.75 Å². The predicted molar refractivity (Wildman–Crippen MR) is 84.7 cm³/mol. The molecule has 0 saturated carbocycles. The first-order valence-corrected chi connectivity index (χ1v) is 8.20. The Hall–Kier alpha value is -2.02. The van der Waals surface area contributed by atoms with E-state index < -0.39 is 0 Å². The Bertz CT molecular complexity index is 673. The number of benzene rings is 1. The van der Waals surface area contributed by atoms with Crippen LogP contribution in [0.5, 0.6) is 5.75 Å². The summed E-state index contributed by atoms with van der Waals surface area (Å²) in [5.74, 6) is 1.51. The first-order valence-electron chi connectivity index (χ1n) is 7.15. The lowest BCUT2D eigenvalue weighted by Crippen LogP contribution is -2.27. The van der Waals surface area contributed by atoms with Crippen molar-refractivity contribution in [1.29, 1.82) is 0 Å². The number of hydrogen-bond acceptors (Lipinski definition) is 5. The molecule has 1 saturated heterocycles. The van der Waals surface area contributed by atoms with Gasteiger partial charge in [0.15, 0.2) is 0 Å². The fourth-order valence-electron chi connectivity index (χ4n) is 2.50. The van der Waals surface area contributed by atoms with Gasteiger partial charge in [-0.3, -0.25) is 4.79 Å². The van der Waals surface area contributed by atoms with Gasteiger partial charge >= 0.3 is 0 Å². The normalized spacial score (nSPS) is 18.0. The molecule has 0 bridgehead atoms. The Labute approximate surface area is 133 Å². The van der Waals surface area contributed by atoms with Crippen LogP contribution in [0.3, 0.4) is 0 Å². The minimum Gasteiger partial charge on any atom is -0.497 e. The van der Waals surface area contributed by atoms with E-state index in [9.17, 15) is 4.79 Å². The molecule has 1 aromatic heterocycles. The van der Waals surface area contributed by atoms with Gasteiger partial charge in [-0.05, 0) is 24.6 Å². The summed E-state index contributed by atoms with van der Waals surface area (Å²) in [6.45, 7) is 3.30. The molecule has 0 spiro atoms. The van der Waals surface area contributed by atoms with Gasteiger partial charge in [-0.2, -0.15) is 0 Å². The van der Waals surface area contributed by atoms with Crippen LogP contribution < -0.4 is 4.74 Å². The maximum atomic E-state index is 11.8. The van der Waals surface area contributed by atoms with E-state index in [-0.39, 0.29) is 11.3 Å². The molecular formula is C15H18N4O2S. The number of amides is 1. The standard InChI is InChI=1S/C15H18N4O2S/c1-3-19-14(20)10-22-15(19)13-9-18(17-16-13)8-11-5-4-6-12(7-11)21-2/h4-7,9,15H,3,8,10H2,1-2H3. The van der Waals surface area contributed by atoms with Crippen LogP contribution >= 0.6 is 11.8 Å². The summed E-state index contributed by atoms with van der Waals surface area (Å²) in [6, 6.07) is 7.87. The highest BCUT2D eigenvalue weighted by Gasteiger charge is 2.33. The third kappa shape index (κ3) is 2.94. The van der Waals surface area contributed by atoms with Crippen LogP contribution in [-0.4, -0.2) is 45.2 Å². The monoisotopic (exact) mass is 318 g/mol. The van der Waals surface area contributed by atoms with Crippen molar-refractivity contribution >= 4 is 17.7 Å². The second kappa shape index (κ2) is 6.39. The Morgan fingerprint density at radius 1 is 1.45 bits per heavy atom. The molecule has 1 aliphatic rings. The van der Waals surface area contributed by atoms with Gasteiger partial charge in [0, 0.05) is 6.54 Å². The van der Waals surface area contributed by atoms with E-state index in [1.165, 1.54) is 0 Å². The lowest BCUT2D eigenvalue weighted by Gasteiger charge is -2.19. The van der Waals surface area contributed by atoms with E-state index >= 15 is 0 Å². The largest absolute Gasteiger partial charge is 0.497 e. The molecule has 1 fully saturated rings. The van der Waals surface area contributed by atoms with Gasteiger partial charge in [0.1, 0.15) is 16.8 Å². The van der Waals surface area contributed by atoms with Crippen molar-refractivity contribution in [3.63, 3.8) is 0 Å². The molecule has 1 aliphatic heterocycles. The smallest absolute Gasteiger partial charge is 0.233 e. The maximum absolute atomic E-state index is 11.8. The zero-order chi connectivity index (χ0) is 15.5. The molecule has 0 aliphatic carbocycles. The third-order valence-electron chi connectivity index (χ3n) is 3.60. The number of ether oxygens (including phenoxy) is 1. The minimum absolute atomic E-state index is 0.0171. The number of aromatic nitrogens is 3. The Morgan fingerprint density at radius 2 is 2.32 bits per heavy atom. The van der Waals surface area contributed by atoms with E-state index in [0.29, 0.717) is 18.8 Å². The summed E-state index contributed by atoms with van der Waals surface area (Å²) in [7, 11) is 1.65. The van der Waals surface area contributed by atoms with Gasteiger partial charge in [-0.15, -0.1) is 16.9 Å². The summed E-state index contributed by atoms with van der Waals surface area (Å²) < 4.78 is 7.02. The summed E-state index contributed by atoms with van der Waals surface area (Å²) in [4.78, 5) is 13.6. The minimum atomic E-state index is -0.0171. The van der Waals surface area contributed by atoms with Crippen LogP contribution in [0.4, 0.5) is 0 Å². The highest BCUT2D eigenvalue weighted by molar-refractivity contribution is 8.00. The van der Waals surface area contributed by atoms with Crippen LogP contribution in [0.25, 0.3) is 0 Å². The molecule has 7 heteroatoms. The highest BCUT2D eigenvalue weighted by atomic mass is 32.2. The summed E-state index contributed by atoms with van der Waals surface area (Å²) in [5.41, 5.74) is 1.93. The molecule has 3 rings (SSSR count). The molecule has 1 atom stereocenters. The highest BCUT2D eigenvalue weighted by Crippen LogP contribution is 2.37. The van der Waals surface area contributed by atoms with Crippen LogP contribution in [0.15, 0.2) is 30.5 Å². The van der Waals surface area contributed by atoms with Gasteiger partial charge in [0.05, 0.1) is 25.6 Å². The molecular weight excluding hydrogens is 300 g/mol. The van der Waals surface area contributed by atoms with Crippen LogP contribution in [0, 0.1) is 0 Å². The molecule has 1 unspecified atom stereocenters. The molecule has 0 radical (unpaired) electrons. The van der Waals surface area contributed by atoms with E-state index in [1.807, 2.05) is 42.3 Å². The average Bonchev–Trinajstić information content (AvgIpc) is 3.13. The predicted octanol–water partition coefficient (Wildman–Crippen LogP) is 1.93. The molecule has 6 nitrogen and oxygen atoms in total. The summed E-state index contributed by atoms with van der Waals surface area (Å²) in [6.07, 6.45) is 1.92. The van der Waals surface area contributed by atoms with E-state index in [0.717, 1.165) is 17.0 Å². The first-order chi connectivity index (χ1) is 10.7. The zero-order valence-corrected chi connectivity index (χ0v) is 13.4. The topological polar surface area (TPSA) is 60.2 Å². The van der Waals surface area contributed by atoms with Crippen LogP contribution in [-0.2, 0) is 11.3 Å². The Balaban J connectivity index is 1.75. The number of hydrogen-bond donors (Lipinski definition) is 0. The number of nitrogens with zero attached hydrogens (tertiary/aromatic N) is 4. The second-order valence-corrected chi connectivity index (χ2v) is 6.10. The summed E-state index contributed by atoms with van der Waals surface area (Å²) in [5, 5.41) is 8.40. The van der Waals surface area contributed by atoms with Gasteiger partial charge in [0.25, 0.3) is 0 Å². The quantitative estimate of drug-likeness (QED) is 0.843. The van der Waals surface area contributed by atoms with E-state index in [2.05, 4.69) is 10.3 Å². The van der Waals surface area contributed by atoms with Crippen LogP contribution in [0.2, 0.25) is 0 Å². The molecule has 116 valence electrons. The zero-order valence-electron chi connectivity index (χ0n) is 12.6. The van der Waals surface area contributed by atoms with Crippen LogP contribution in [0.1, 0.15) is 23.6 Å². The lowest BCUT2D eigenvalue weighted by atomic mass is 10.2. The van der Waals surface area contributed by atoms with Crippen molar-refractivity contribution in [1.82, 2.24) is 19.9 Å². The fraction of sp³-hybridized carbons (Fsp3) is 0.400. The molecule has 22 heavy (non-hydrogen) atoms. The van der Waals surface area contributed by atoms with E-state index in [4.69, 9.17) is 4.74 Å². The average molecular weight is 318 g/mol. The lowest BCUT2D eigenvalue weighted by molar-refractivity contribution is -0.127. The van der Waals surface area contributed by atoms with Gasteiger partial charge in [-0.1, -0.05) is 17.3 Å². The molecule has 0 N–H and O–H groups in total. The van der Waals surface area contributed by atoms with Gasteiger partial charge in [-0.25, -0.2) is 4.68 Å². The number of carbonyl (C=O) groups excluding carboxylic acids is 1. The first kappa shape index (κ1) is 14.9. The number of carbonyl (C=O) groups is 1.